The first-order valence-corrected chi connectivity index (χ1v) is 11.0. The summed E-state index contributed by atoms with van der Waals surface area (Å²) in [7, 11) is 0. The van der Waals surface area contributed by atoms with Gasteiger partial charge in [0.05, 0.1) is 17.3 Å². The summed E-state index contributed by atoms with van der Waals surface area (Å²) < 4.78 is 19.4. The molecule has 1 atom stereocenters. The van der Waals surface area contributed by atoms with E-state index in [1.807, 2.05) is 69.3 Å². The Balaban J connectivity index is 1.66. The van der Waals surface area contributed by atoms with Crippen LogP contribution in [0.4, 0.5) is 14.9 Å². The van der Waals surface area contributed by atoms with Gasteiger partial charge in [0.2, 0.25) is 5.82 Å². The topological polar surface area (TPSA) is 71.3 Å². The molecule has 0 aliphatic carbocycles. The minimum absolute atomic E-state index is 0.248. The van der Waals surface area contributed by atoms with Crippen LogP contribution in [-0.2, 0) is 0 Å². The molecule has 6 nitrogen and oxygen atoms in total. The van der Waals surface area contributed by atoms with Gasteiger partial charge < -0.3 is 9.84 Å². The molecule has 34 heavy (non-hydrogen) atoms. The summed E-state index contributed by atoms with van der Waals surface area (Å²) >= 11 is 0. The standard InChI is InChI=1S/C27H23FN4O2/c1-16-10-12-19(13-11-16)24-23(26-30-25(31-34-26)20-7-5-8-21(28)15-20)18(3)32(27(33)29-24)22-9-4-6-17(2)14-22/h4-15,24H,1-3H3,(H,29,33). The number of urea groups is 1. The zero-order valence-corrected chi connectivity index (χ0v) is 19.0. The average molecular weight is 455 g/mol. The lowest BCUT2D eigenvalue weighted by Crippen LogP contribution is -2.46. The first-order valence-electron chi connectivity index (χ1n) is 11.0. The molecule has 5 rings (SSSR count). The fraction of sp³-hybridized carbons (Fsp3) is 0.148. The summed E-state index contributed by atoms with van der Waals surface area (Å²) in [6.45, 7) is 5.85. The maximum Gasteiger partial charge on any atom is 0.326 e. The molecular formula is C27H23FN4O2. The van der Waals surface area contributed by atoms with Crippen molar-refractivity contribution in [1.82, 2.24) is 15.5 Å². The molecule has 0 saturated carbocycles. The van der Waals surface area contributed by atoms with Crippen molar-refractivity contribution in [3.05, 3.63) is 107 Å². The van der Waals surface area contributed by atoms with Crippen molar-refractivity contribution in [3.63, 3.8) is 0 Å². The predicted octanol–water partition coefficient (Wildman–Crippen LogP) is 6.19. The van der Waals surface area contributed by atoms with Crippen LogP contribution in [0.3, 0.4) is 0 Å². The number of carbonyl (C=O) groups is 1. The Morgan fingerprint density at radius 1 is 0.941 bits per heavy atom. The monoisotopic (exact) mass is 454 g/mol. The van der Waals surface area contributed by atoms with E-state index in [4.69, 9.17) is 4.52 Å². The third kappa shape index (κ3) is 3.96. The summed E-state index contributed by atoms with van der Waals surface area (Å²) in [5.74, 6) is 0.156. The van der Waals surface area contributed by atoms with Crippen LogP contribution in [-0.4, -0.2) is 16.2 Å². The van der Waals surface area contributed by atoms with Crippen molar-refractivity contribution in [2.75, 3.05) is 4.90 Å². The fourth-order valence-corrected chi connectivity index (χ4v) is 4.18. The number of rotatable bonds is 4. The van der Waals surface area contributed by atoms with E-state index >= 15 is 0 Å². The van der Waals surface area contributed by atoms with Gasteiger partial charge >= 0.3 is 6.03 Å². The van der Waals surface area contributed by atoms with E-state index in [0.717, 1.165) is 22.4 Å². The molecule has 0 spiro atoms. The minimum Gasteiger partial charge on any atom is -0.334 e. The second-order valence-electron chi connectivity index (χ2n) is 8.40. The van der Waals surface area contributed by atoms with Crippen LogP contribution in [0.25, 0.3) is 17.0 Å². The van der Waals surface area contributed by atoms with E-state index in [-0.39, 0.29) is 23.6 Å². The highest BCUT2D eigenvalue weighted by Gasteiger charge is 2.36. The van der Waals surface area contributed by atoms with E-state index in [1.165, 1.54) is 12.1 Å². The van der Waals surface area contributed by atoms with Crippen molar-refractivity contribution in [1.29, 1.82) is 0 Å². The number of aryl methyl sites for hydroxylation is 2. The van der Waals surface area contributed by atoms with E-state index in [1.54, 1.807) is 17.0 Å². The number of carbonyl (C=O) groups excluding carboxylic acids is 1. The Bertz CT molecular complexity index is 1410. The second kappa shape index (κ2) is 8.59. The van der Waals surface area contributed by atoms with Gasteiger partial charge in [-0.15, -0.1) is 0 Å². The third-order valence-corrected chi connectivity index (χ3v) is 5.89. The zero-order valence-electron chi connectivity index (χ0n) is 19.0. The van der Waals surface area contributed by atoms with Crippen LogP contribution in [0.5, 0.6) is 0 Å². The summed E-state index contributed by atoms with van der Waals surface area (Å²) in [6.07, 6.45) is 0. The van der Waals surface area contributed by atoms with E-state index < -0.39 is 6.04 Å². The number of nitrogens with one attached hydrogen (secondary N) is 1. The number of benzene rings is 3. The molecule has 0 bridgehead atoms. The Labute approximate surface area is 196 Å². The molecule has 0 saturated heterocycles. The van der Waals surface area contributed by atoms with Gasteiger partial charge in [0.25, 0.3) is 5.89 Å². The summed E-state index contributed by atoms with van der Waals surface area (Å²) in [4.78, 5) is 19.5. The summed E-state index contributed by atoms with van der Waals surface area (Å²) in [6, 6.07) is 20.9. The predicted molar refractivity (Wildman–Crippen MR) is 128 cm³/mol. The highest BCUT2D eigenvalue weighted by molar-refractivity contribution is 6.01. The van der Waals surface area contributed by atoms with Gasteiger partial charge in [-0.2, -0.15) is 4.98 Å². The van der Waals surface area contributed by atoms with E-state index in [0.29, 0.717) is 16.8 Å². The molecule has 2 amide bonds. The lowest BCUT2D eigenvalue weighted by molar-refractivity contribution is 0.244. The Hall–Kier alpha value is -4.26. The first kappa shape index (κ1) is 21.6. The van der Waals surface area contributed by atoms with Gasteiger partial charge in [-0.05, 0) is 56.2 Å². The van der Waals surface area contributed by atoms with Gasteiger partial charge in [-0.25, -0.2) is 9.18 Å². The molecule has 1 aliphatic rings. The van der Waals surface area contributed by atoms with Crippen molar-refractivity contribution in [2.24, 2.45) is 0 Å². The Morgan fingerprint density at radius 2 is 1.71 bits per heavy atom. The molecule has 4 aromatic rings. The van der Waals surface area contributed by atoms with Gasteiger partial charge in [0.1, 0.15) is 5.82 Å². The molecule has 0 fully saturated rings. The van der Waals surface area contributed by atoms with Crippen LogP contribution in [0, 0.1) is 19.7 Å². The first-order chi connectivity index (χ1) is 16.4. The van der Waals surface area contributed by atoms with E-state index in [9.17, 15) is 9.18 Å². The quantitative estimate of drug-likeness (QED) is 0.399. The van der Waals surface area contributed by atoms with Crippen LogP contribution in [0.1, 0.15) is 35.5 Å². The number of amides is 2. The molecule has 1 unspecified atom stereocenters. The number of anilines is 1. The Kier molecular flexibility index (Phi) is 5.45. The van der Waals surface area contributed by atoms with E-state index in [2.05, 4.69) is 15.5 Å². The minimum atomic E-state index is -0.491. The highest BCUT2D eigenvalue weighted by Crippen LogP contribution is 2.39. The lowest BCUT2D eigenvalue weighted by Gasteiger charge is -2.35. The van der Waals surface area contributed by atoms with Gasteiger partial charge in [0.15, 0.2) is 0 Å². The molecule has 1 aliphatic heterocycles. The SMILES string of the molecule is CC1=C(c2nc(-c3cccc(F)c3)no2)C(c2ccc(C)cc2)NC(=O)N1c1cccc(C)c1. The number of nitrogens with zero attached hydrogens (tertiary/aromatic N) is 3. The zero-order chi connectivity index (χ0) is 23.8. The maximum absolute atomic E-state index is 13.8. The fourth-order valence-electron chi connectivity index (χ4n) is 4.18. The lowest BCUT2D eigenvalue weighted by atomic mass is 9.94. The highest BCUT2D eigenvalue weighted by atomic mass is 19.1. The number of hydrogen-bond acceptors (Lipinski definition) is 4. The Morgan fingerprint density at radius 3 is 2.44 bits per heavy atom. The molecule has 170 valence electrons. The van der Waals surface area contributed by atoms with Crippen molar-refractivity contribution < 1.29 is 13.7 Å². The molecule has 3 aromatic carbocycles. The number of hydrogen-bond donors (Lipinski definition) is 1. The maximum atomic E-state index is 13.8. The van der Waals surface area contributed by atoms with Crippen LogP contribution >= 0.6 is 0 Å². The van der Waals surface area contributed by atoms with Gasteiger partial charge in [-0.1, -0.05) is 59.3 Å². The van der Waals surface area contributed by atoms with Crippen molar-refractivity contribution >= 4 is 17.3 Å². The third-order valence-electron chi connectivity index (χ3n) is 5.89. The molecular weight excluding hydrogens is 431 g/mol. The molecule has 1 aromatic heterocycles. The average Bonchev–Trinajstić information content (AvgIpc) is 3.29. The van der Waals surface area contributed by atoms with Crippen LogP contribution in [0.15, 0.2) is 83.0 Å². The van der Waals surface area contributed by atoms with Crippen LogP contribution < -0.4 is 10.2 Å². The van der Waals surface area contributed by atoms with Gasteiger partial charge in [-0.3, -0.25) is 4.90 Å². The summed E-state index contributed by atoms with van der Waals surface area (Å²) in [5.41, 5.74) is 5.64. The number of aromatic nitrogens is 2. The van der Waals surface area contributed by atoms with Gasteiger partial charge in [0, 0.05) is 11.3 Å². The largest absolute Gasteiger partial charge is 0.334 e. The van der Waals surface area contributed by atoms with Crippen molar-refractivity contribution in [3.8, 4) is 11.4 Å². The number of halogens is 1. The second-order valence-corrected chi connectivity index (χ2v) is 8.40. The molecule has 7 heteroatoms. The molecule has 0 radical (unpaired) electrons. The summed E-state index contributed by atoms with van der Waals surface area (Å²) in [5, 5.41) is 7.19. The van der Waals surface area contributed by atoms with Crippen LogP contribution in [0.2, 0.25) is 0 Å². The van der Waals surface area contributed by atoms with Crippen molar-refractivity contribution in [2.45, 2.75) is 26.8 Å². The normalized spacial score (nSPS) is 16.1. The molecule has 2 heterocycles. The number of allylic oxidation sites excluding steroid dienone is 1. The molecule has 1 N–H and O–H groups in total. The smallest absolute Gasteiger partial charge is 0.326 e.